The van der Waals surface area contributed by atoms with Crippen molar-refractivity contribution in [3.8, 4) is 0 Å². The molecule has 0 spiro atoms. The first-order valence-corrected chi connectivity index (χ1v) is 6.74. The lowest BCUT2D eigenvalue weighted by atomic mass is 9.80. The second-order valence-corrected chi connectivity index (χ2v) is 5.81. The van der Waals surface area contributed by atoms with Gasteiger partial charge in [-0.3, -0.25) is 4.98 Å². The van der Waals surface area contributed by atoms with E-state index in [0.717, 1.165) is 24.3 Å². The van der Waals surface area contributed by atoms with E-state index in [2.05, 4.69) is 30.3 Å². The quantitative estimate of drug-likeness (QED) is 0.854. The summed E-state index contributed by atoms with van der Waals surface area (Å²) in [5.74, 6) is 2.35. The molecule has 15 heavy (non-hydrogen) atoms. The van der Waals surface area contributed by atoms with Crippen molar-refractivity contribution in [3.63, 3.8) is 0 Å². The van der Waals surface area contributed by atoms with Crippen molar-refractivity contribution in [2.24, 2.45) is 11.8 Å². The van der Waals surface area contributed by atoms with E-state index >= 15 is 0 Å². The van der Waals surface area contributed by atoms with Crippen LogP contribution in [0.1, 0.15) is 37.5 Å². The highest BCUT2D eigenvalue weighted by atomic mass is 32.1. The Morgan fingerprint density at radius 3 is 3.13 bits per heavy atom. The van der Waals surface area contributed by atoms with Crippen LogP contribution in [0.4, 0.5) is 0 Å². The van der Waals surface area contributed by atoms with Crippen LogP contribution in [0.2, 0.25) is 0 Å². The Kier molecular flexibility index (Phi) is 3.76. The van der Waals surface area contributed by atoms with Gasteiger partial charge in [-0.2, -0.15) is 0 Å². The van der Waals surface area contributed by atoms with Crippen molar-refractivity contribution < 1.29 is 0 Å². The third-order valence-corrected chi connectivity index (χ3v) is 4.11. The molecule has 1 N–H and O–H groups in total. The van der Waals surface area contributed by atoms with Gasteiger partial charge in [-0.1, -0.05) is 13.8 Å². The predicted molar refractivity (Wildman–Crippen MR) is 65.3 cm³/mol. The summed E-state index contributed by atoms with van der Waals surface area (Å²) in [4.78, 5) is 5.70. The molecule has 0 aliphatic carbocycles. The van der Waals surface area contributed by atoms with Crippen LogP contribution in [-0.4, -0.2) is 18.1 Å². The zero-order chi connectivity index (χ0) is 10.7. The lowest BCUT2D eigenvalue weighted by Gasteiger charge is -2.32. The number of rotatable bonds is 3. The predicted octanol–water partition coefficient (Wildman–Crippen LogP) is 2.88. The summed E-state index contributed by atoms with van der Waals surface area (Å²) < 4.78 is 0. The van der Waals surface area contributed by atoms with E-state index in [0.29, 0.717) is 0 Å². The molecule has 1 aliphatic rings. The Bertz CT molecular complexity index is 282. The van der Waals surface area contributed by atoms with Crippen molar-refractivity contribution in [2.75, 3.05) is 13.1 Å². The maximum Gasteiger partial charge on any atom is 0.0794 e. The fourth-order valence-electron chi connectivity index (χ4n) is 2.56. The number of thiazole rings is 1. The minimum Gasteiger partial charge on any atom is -0.316 e. The van der Waals surface area contributed by atoms with Crippen LogP contribution in [0.5, 0.6) is 0 Å². The molecule has 0 amide bonds. The van der Waals surface area contributed by atoms with E-state index in [4.69, 9.17) is 0 Å². The third kappa shape index (κ3) is 2.79. The van der Waals surface area contributed by atoms with Crippen molar-refractivity contribution >= 4 is 11.3 Å². The van der Waals surface area contributed by atoms with Gasteiger partial charge >= 0.3 is 0 Å². The van der Waals surface area contributed by atoms with Crippen LogP contribution in [0.15, 0.2) is 11.7 Å². The molecule has 2 rings (SSSR count). The van der Waals surface area contributed by atoms with Crippen molar-refractivity contribution in [3.05, 3.63) is 16.6 Å². The van der Waals surface area contributed by atoms with Gasteiger partial charge in [0.1, 0.15) is 0 Å². The normalized spacial score (nSPS) is 27.1. The average Bonchev–Trinajstić information content (AvgIpc) is 2.70. The highest BCUT2D eigenvalue weighted by molar-refractivity contribution is 7.09. The highest BCUT2D eigenvalue weighted by Gasteiger charge is 2.27. The van der Waals surface area contributed by atoms with E-state index in [1.807, 2.05) is 16.8 Å². The van der Waals surface area contributed by atoms with Crippen LogP contribution in [0, 0.1) is 11.8 Å². The number of nitrogens with zero attached hydrogens (tertiary/aromatic N) is 1. The maximum absolute atomic E-state index is 4.21. The molecule has 2 heterocycles. The zero-order valence-corrected chi connectivity index (χ0v) is 10.4. The molecule has 1 aromatic heterocycles. The third-order valence-electron chi connectivity index (χ3n) is 3.20. The number of hydrogen-bond donors (Lipinski definition) is 1. The SMILES string of the molecule is CC(C)CC1CNCCC1c1cncs1. The molecule has 84 valence electrons. The summed E-state index contributed by atoms with van der Waals surface area (Å²) >= 11 is 1.82. The molecule has 2 unspecified atom stereocenters. The van der Waals surface area contributed by atoms with Gasteiger partial charge in [0.2, 0.25) is 0 Å². The van der Waals surface area contributed by atoms with Crippen molar-refractivity contribution in [1.82, 2.24) is 10.3 Å². The molecule has 1 fully saturated rings. The Morgan fingerprint density at radius 2 is 2.47 bits per heavy atom. The fourth-order valence-corrected chi connectivity index (χ4v) is 3.41. The Morgan fingerprint density at radius 1 is 1.60 bits per heavy atom. The van der Waals surface area contributed by atoms with Gasteiger partial charge in [0.05, 0.1) is 5.51 Å². The molecular weight excluding hydrogens is 204 g/mol. The Hall–Kier alpha value is -0.410. The average molecular weight is 224 g/mol. The molecule has 0 radical (unpaired) electrons. The molecule has 1 aromatic rings. The topological polar surface area (TPSA) is 24.9 Å². The van der Waals surface area contributed by atoms with Gasteiger partial charge in [-0.05, 0) is 37.8 Å². The molecule has 1 saturated heterocycles. The number of piperidine rings is 1. The van der Waals surface area contributed by atoms with E-state index in [1.54, 1.807) is 0 Å². The summed E-state index contributed by atoms with van der Waals surface area (Å²) in [5, 5.41) is 3.52. The first-order valence-electron chi connectivity index (χ1n) is 5.86. The van der Waals surface area contributed by atoms with Gasteiger partial charge in [-0.15, -0.1) is 11.3 Å². The second-order valence-electron chi connectivity index (χ2n) is 4.89. The molecular formula is C12H20N2S. The first kappa shape index (κ1) is 11.1. The summed E-state index contributed by atoms with van der Waals surface area (Å²) in [5.41, 5.74) is 1.96. The second kappa shape index (κ2) is 5.08. The molecule has 2 atom stereocenters. The minimum atomic E-state index is 0.751. The number of nitrogens with one attached hydrogen (secondary N) is 1. The maximum atomic E-state index is 4.21. The minimum absolute atomic E-state index is 0.751. The molecule has 1 aliphatic heterocycles. The first-order chi connectivity index (χ1) is 7.27. The fraction of sp³-hybridized carbons (Fsp3) is 0.750. The largest absolute Gasteiger partial charge is 0.316 e. The van der Waals surface area contributed by atoms with Gasteiger partial charge in [-0.25, -0.2) is 0 Å². The van der Waals surface area contributed by atoms with E-state index in [-0.39, 0.29) is 0 Å². The lowest BCUT2D eigenvalue weighted by Crippen LogP contribution is -2.35. The van der Waals surface area contributed by atoms with Crippen LogP contribution in [0.3, 0.4) is 0 Å². The number of aromatic nitrogens is 1. The molecule has 0 bridgehead atoms. The van der Waals surface area contributed by atoms with Crippen LogP contribution >= 0.6 is 11.3 Å². The zero-order valence-electron chi connectivity index (χ0n) is 9.57. The van der Waals surface area contributed by atoms with Crippen molar-refractivity contribution in [2.45, 2.75) is 32.6 Å². The monoisotopic (exact) mass is 224 g/mol. The van der Waals surface area contributed by atoms with Gasteiger partial charge in [0.15, 0.2) is 0 Å². The van der Waals surface area contributed by atoms with E-state index < -0.39 is 0 Å². The Labute approximate surface area is 96.1 Å². The van der Waals surface area contributed by atoms with Crippen LogP contribution in [0.25, 0.3) is 0 Å². The molecule has 0 saturated carbocycles. The molecule has 2 nitrogen and oxygen atoms in total. The van der Waals surface area contributed by atoms with E-state index in [1.165, 1.54) is 24.3 Å². The van der Waals surface area contributed by atoms with Crippen LogP contribution < -0.4 is 5.32 Å². The molecule has 0 aromatic carbocycles. The Balaban J connectivity index is 2.06. The van der Waals surface area contributed by atoms with Crippen molar-refractivity contribution in [1.29, 1.82) is 0 Å². The molecule has 3 heteroatoms. The number of hydrogen-bond acceptors (Lipinski definition) is 3. The van der Waals surface area contributed by atoms with Crippen LogP contribution in [-0.2, 0) is 0 Å². The summed E-state index contributed by atoms with van der Waals surface area (Å²) in [7, 11) is 0. The smallest absolute Gasteiger partial charge is 0.0794 e. The van der Waals surface area contributed by atoms with Gasteiger partial charge < -0.3 is 5.32 Å². The summed E-state index contributed by atoms with van der Waals surface area (Å²) in [6.07, 6.45) is 4.67. The standard InChI is InChI=1S/C12H20N2S/c1-9(2)5-10-6-13-4-3-11(10)12-7-14-8-15-12/h7-11,13H,3-6H2,1-2H3. The van der Waals surface area contributed by atoms with Gasteiger partial charge in [0, 0.05) is 17.0 Å². The van der Waals surface area contributed by atoms with E-state index in [9.17, 15) is 0 Å². The summed E-state index contributed by atoms with van der Waals surface area (Å²) in [6.45, 7) is 6.98. The van der Waals surface area contributed by atoms with Gasteiger partial charge in [0.25, 0.3) is 0 Å². The summed E-state index contributed by atoms with van der Waals surface area (Å²) in [6, 6.07) is 0. The highest BCUT2D eigenvalue weighted by Crippen LogP contribution is 2.35. The lowest BCUT2D eigenvalue weighted by molar-refractivity contribution is 0.283.